The van der Waals surface area contributed by atoms with Crippen LogP contribution in [0.25, 0.3) is 0 Å². The van der Waals surface area contributed by atoms with E-state index in [4.69, 9.17) is 0 Å². The number of Topliss-reactive ketones (excluding diaryl/α,β-unsaturated/α-hetero) is 1. The van der Waals surface area contributed by atoms with Crippen LogP contribution < -0.4 is 0 Å². The van der Waals surface area contributed by atoms with Crippen molar-refractivity contribution < 1.29 is 45.0 Å². The lowest BCUT2D eigenvalue weighted by atomic mass is 9.51. The van der Waals surface area contributed by atoms with Crippen LogP contribution in [0.3, 0.4) is 0 Å². The quantitative estimate of drug-likeness (QED) is 0.163. The summed E-state index contributed by atoms with van der Waals surface area (Å²) in [6.07, 6.45) is -2.00. The van der Waals surface area contributed by atoms with Crippen LogP contribution >= 0.6 is 0 Å². The topological polar surface area (TPSA) is 40.5 Å². The summed E-state index contributed by atoms with van der Waals surface area (Å²) < 4.78 is 105. The molecule has 11 heteroatoms. The standard InChI is InChI=1S/C33H45F8NO2/c1-30-20-26(34)29-24-12-11-23(43)19-22(24)18-21(28(29)25(30)13-14-27(30)44)10-6-5-9-17-42(2)16-8-4-3-7-15-31(35,36)32(37,38)33(39,40)41/h11-12,19,21,25-26,28-29,43H,3-10,13-18,20H2,1-2H3/t21-,25+,26+,28+,29+,30+/m1/s1. The Morgan fingerprint density at radius 3 is 2.25 bits per heavy atom. The van der Waals surface area contributed by atoms with Gasteiger partial charge in [-0.15, -0.1) is 0 Å². The number of carbonyl (C=O) groups is 1. The van der Waals surface area contributed by atoms with Crippen molar-refractivity contribution in [3.05, 3.63) is 29.3 Å². The van der Waals surface area contributed by atoms with Crippen molar-refractivity contribution in [2.45, 2.75) is 121 Å². The molecule has 6 atom stereocenters. The van der Waals surface area contributed by atoms with Gasteiger partial charge in [0.25, 0.3) is 0 Å². The average molecular weight is 640 g/mol. The Labute approximate surface area is 254 Å². The maximum Gasteiger partial charge on any atom is 0.459 e. The molecule has 0 saturated heterocycles. The molecule has 0 heterocycles. The van der Waals surface area contributed by atoms with Gasteiger partial charge in [-0.3, -0.25) is 4.79 Å². The number of carbonyl (C=O) groups excluding carboxylic acids is 1. The zero-order valence-electron chi connectivity index (χ0n) is 25.6. The number of benzene rings is 1. The summed E-state index contributed by atoms with van der Waals surface area (Å²) in [4.78, 5) is 14.9. The summed E-state index contributed by atoms with van der Waals surface area (Å²) in [6.45, 7) is 3.41. The van der Waals surface area contributed by atoms with E-state index in [0.29, 0.717) is 25.8 Å². The van der Waals surface area contributed by atoms with Crippen molar-refractivity contribution in [3.63, 3.8) is 0 Å². The number of ketones is 1. The van der Waals surface area contributed by atoms with E-state index in [-0.39, 0.29) is 48.0 Å². The summed E-state index contributed by atoms with van der Waals surface area (Å²) in [7, 11) is 1.93. The number of alkyl halides is 8. The number of nitrogens with zero attached hydrogens (tertiary/aromatic N) is 1. The first-order valence-corrected chi connectivity index (χ1v) is 16.0. The third-order valence-corrected chi connectivity index (χ3v) is 10.7. The summed E-state index contributed by atoms with van der Waals surface area (Å²) in [6, 6.07) is 5.25. The molecular weight excluding hydrogens is 594 g/mol. The van der Waals surface area contributed by atoms with E-state index < -0.39 is 42.4 Å². The molecule has 1 N–H and O–H groups in total. The van der Waals surface area contributed by atoms with E-state index in [9.17, 15) is 40.6 Å². The lowest BCUT2D eigenvalue weighted by molar-refractivity contribution is -0.355. The lowest BCUT2D eigenvalue weighted by Gasteiger charge is -2.53. The maximum atomic E-state index is 15.8. The molecule has 0 radical (unpaired) electrons. The first-order valence-electron chi connectivity index (χ1n) is 16.0. The van der Waals surface area contributed by atoms with E-state index in [1.807, 2.05) is 20.0 Å². The van der Waals surface area contributed by atoms with E-state index >= 15 is 4.39 Å². The number of phenolic OH excluding ortho intramolecular Hbond substituents is 1. The van der Waals surface area contributed by atoms with Gasteiger partial charge in [-0.25, -0.2) is 4.39 Å². The first kappa shape index (κ1) is 35.0. The molecule has 0 unspecified atom stereocenters. The molecule has 4 rings (SSSR count). The predicted molar refractivity (Wildman–Crippen MR) is 152 cm³/mol. The normalized spacial score (nSPS) is 29.1. The second kappa shape index (κ2) is 13.4. The van der Waals surface area contributed by atoms with Gasteiger partial charge in [0.15, 0.2) is 0 Å². The SMILES string of the molecule is CN(CCCCCCC(F)(F)C(F)(F)C(F)(F)F)CCCCC[C@@H]1Cc2cc(O)ccc2[C@@H]2[C@@H]1[C@@H]1CCC(=O)[C@@]1(C)C[C@@H]2F. The number of halogens is 8. The van der Waals surface area contributed by atoms with Crippen LogP contribution in [0.5, 0.6) is 5.75 Å². The summed E-state index contributed by atoms with van der Waals surface area (Å²) in [5.74, 6) is -10.6. The summed E-state index contributed by atoms with van der Waals surface area (Å²) >= 11 is 0. The second-order valence-corrected chi connectivity index (χ2v) is 13.7. The van der Waals surface area contributed by atoms with E-state index in [0.717, 1.165) is 56.2 Å². The number of fused-ring (bicyclic) bond motifs is 5. The van der Waals surface area contributed by atoms with Gasteiger partial charge >= 0.3 is 18.0 Å². The zero-order chi connectivity index (χ0) is 32.5. The monoisotopic (exact) mass is 639 g/mol. The highest BCUT2D eigenvalue weighted by atomic mass is 19.4. The molecule has 0 aromatic heterocycles. The van der Waals surface area contributed by atoms with Crippen LogP contribution in [-0.4, -0.2) is 60.1 Å². The molecule has 1 aromatic carbocycles. The number of aromatic hydroxyl groups is 1. The van der Waals surface area contributed by atoms with Crippen molar-refractivity contribution in [1.29, 1.82) is 0 Å². The van der Waals surface area contributed by atoms with Crippen LogP contribution in [-0.2, 0) is 11.2 Å². The number of hydrogen-bond acceptors (Lipinski definition) is 3. The fourth-order valence-corrected chi connectivity index (χ4v) is 8.36. The molecule has 0 spiro atoms. The third-order valence-electron chi connectivity index (χ3n) is 10.7. The van der Waals surface area contributed by atoms with E-state index in [1.165, 1.54) is 0 Å². The fraction of sp³-hybridized carbons (Fsp3) is 0.788. The molecule has 1 aromatic rings. The van der Waals surface area contributed by atoms with Crippen LogP contribution in [0.1, 0.15) is 101 Å². The Bertz CT molecular complexity index is 1140. The smallest absolute Gasteiger partial charge is 0.459 e. The van der Waals surface area contributed by atoms with E-state index in [2.05, 4.69) is 4.90 Å². The van der Waals surface area contributed by atoms with Gasteiger partial charge in [-0.1, -0.05) is 38.7 Å². The zero-order valence-corrected chi connectivity index (χ0v) is 25.6. The number of rotatable bonds is 14. The highest BCUT2D eigenvalue weighted by Crippen LogP contribution is 2.62. The van der Waals surface area contributed by atoms with Crippen molar-refractivity contribution in [1.82, 2.24) is 4.90 Å². The Hall–Kier alpha value is -1.91. The molecule has 3 aliphatic rings. The minimum atomic E-state index is -6.28. The molecule has 250 valence electrons. The highest BCUT2D eigenvalue weighted by molar-refractivity contribution is 5.87. The summed E-state index contributed by atoms with van der Waals surface area (Å²) in [5, 5.41) is 10.1. The molecule has 2 saturated carbocycles. The van der Waals surface area contributed by atoms with Crippen LogP contribution in [0.2, 0.25) is 0 Å². The van der Waals surface area contributed by atoms with Gasteiger partial charge in [0, 0.05) is 24.2 Å². The van der Waals surface area contributed by atoms with E-state index in [1.54, 1.807) is 12.1 Å². The molecule has 0 amide bonds. The Morgan fingerprint density at radius 2 is 1.59 bits per heavy atom. The van der Waals surface area contributed by atoms with Crippen molar-refractivity contribution >= 4 is 5.78 Å². The van der Waals surface area contributed by atoms with Gasteiger partial charge in [0.1, 0.15) is 17.7 Å². The first-order chi connectivity index (χ1) is 20.5. The van der Waals surface area contributed by atoms with Crippen molar-refractivity contribution in [2.75, 3.05) is 20.1 Å². The van der Waals surface area contributed by atoms with Gasteiger partial charge in [-0.2, -0.15) is 30.7 Å². The molecule has 0 aliphatic heterocycles. The number of phenols is 1. The molecular formula is C33H45F8NO2. The number of unbranched alkanes of at least 4 members (excludes halogenated alkanes) is 5. The average Bonchev–Trinajstić information content (AvgIpc) is 3.22. The Morgan fingerprint density at radius 1 is 0.955 bits per heavy atom. The second-order valence-electron chi connectivity index (χ2n) is 13.7. The van der Waals surface area contributed by atoms with Gasteiger partial charge in [0.2, 0.25) is 0 Å². The van der Waals surface area contributed by atoms with Gasteiger partial charge in [0.05, 0.1) is 0 Å². The Balaban J connectivity index is 1.20. The maximum absolute atomic E-state index is 15.8. The third kappa shape index (κ3) is 7.07. The van der Waals surface area contributed by atoms with Gasteiger partial charge in [-0.05, 0) is 106 Å². The van der Waals surface area contributed by atoms with Crippen LogP contribution in [0, 0.1) is 23.2 Å². The molecule has 3 aliphatic carbocycles. The van der Waals surface area contributed by atoms with Crippen molar-refractivity contribution in [3.8, 4) is 5.75 Å². The lowest BCUT2D eigenvalue weighted by Crippen LogP contribution is -2.51. The van der Waals surface area contributed by atoms with Crippen molar-refractivity contribution in [2.24, 2.45) is 23.2 Å². The highest BCUT2D eigenvalue weighted by Gasteiger charge is 2.72. The minimum absolute atomic E-state index is 0.0922. The fourth-order valence-electron chi connectivity index (χ4n) is 8.36. The number of hydrogen-bond donors (Lipinski definition) is 1. The summed E-state index contributed by atoms with van der Waals surface area (Å²) in [5.41, 5.74) is 1.38. The van der Waals surface area contributed by atoms with Crippen LogP contribution in [0.15, 0.2) is 18.2 Å². The molecule has 0 bridgehead atoms. The van der Waals surface area contributed by atoms with Gasteiger partial charge < -0.3 is 10.0 Å². The Kier molecular flexibility index (Phi) is 10.7. The molecule has 2 fully saturated rings. The molecule has 44 heavy (non-hydrogen) atoms. The minimum Gasteiger partial charge on any atom is -0.508 e. The van der Waals surface area contributed by atoms with Crippen LogP contribution in [0.4, 0.5) is 35.1 Å². The predicted octanol–water partition coefficient (Wildman–Crippen LogP) is 9.27. The largest absolute Gasteiger partial charge is 0.508 e. The molecule has 3 nitrogen and oxygen atoms in total.